The Labute approximate surface area is 94.2 Å². The van der Waals surface area contributed by atoms with Crippen molar-refractivity contribution in [2.24, 2.45) is 5.41 Å². The zero-order chi connectivity index (χ0) is 11.6. The van der Waals surface area contributed by atoms with Gasteiger partial charge in [-0.2, -0.15) is 0 Å². The highest BCUT2D eigenvalue weighted by Gasteiger charge is 2.22. The number of ketones is 1. The van der Waals surface area contributed by atoms with Crippen LogP contribution < -0.4 is 0 Å². The molecule has 0 aliphatic heterocycles. The van der Waals surface area contributed by atoms with Gasteiger partial charge in [-0.05, 0) is 23.7 Å². The van der Waals surface area contributed by atoms with Crippen molar-refractivity contribution < 1.29 is 9.59 Å². The highest BCUT2D eigenvalue weighted by Crippen LogP contribution is 2.21. The summed E-state index contributed by atoms with van der Waals surface area (Å²) < 4.78 is 0. The van der Waals surface area contributed by atoms with Crippen LogP contribution in [0.3, 0.4) is 0 Å². The smallest absolute Gasteiger partial charge is 0.252 e. The fourth-order valence-corrected chi connectivity index (χ4v) is 1.31. The average Bonchev–Trinajstić information content (AvgIpc) is 2.15. The summed E-state index contributed by atoms with van der Waals surface area (Å²) in [6, 6.07) is 6.38. The predicted octanol–water partition coefficient (Wildman–Crippen LogP) is 3.29. The Kier molecular flexibility index (Phi) is 3.30. The summed E-state index contributed by atoms with van der Waals surface area (Å²) in [5.74, 6) is 0.0519. The molecule has 80 valence electrons. The molecule has 0 aliphatic carbocycles. The normalized spacial score (nSPS) is 11.2. The first-order chi connectivity index (χ1) is 6.82. The fraction of sp³-hybridized carbons (Fsp3) is 0.333. The molecule has 0 bridgehead atoms. The molecule has 0 heterocycles. The molecule has 1 aromatic carbocycles. The number of carbonyl (C=O) groups excluding carboxylic acids is 2. The van der Waals surface area contributed by atoms with Crippen LogP contribution in [0.1, 0.15) is 41.5 Å². The van der Waals surface area contributed by atoms with Crippen molar-refractivity contribution in [2.45, 2.75) is 20.8 Å². The predicted molar refractivity (Wildman–Crippen MR) is 60.4 cm³/mol. The number of benzene rings is 1. The molecular weight excluding hydrogens is 212 g/mol. The van der Waals surface area contributed by atoms with Crippen LogP contribution in [0.5, 0.6) is 0 Å². The molecule has 0 spiro atoms. The third-order valence-corrected chi connectivity index (χ3v) is 2.27. The quantitative estimate of drug-likeness (QED) is 0.571. The SMILES string of the molecule is CC(C)(C)C(=O)c1ccc(C(=O)Cl)cc1. The van der Waals surface area contributed by atoms with Gasteiger partial charge < -0.3 is 0 Å². The Bertz CT molecular complexity index is 385. The van der Waals surface area contributed by atoms with Gasteiger partial charge in [0.2, 0.25) is 0 Å². The van der Waals surface area contributed by atoms with Gasteiger partial charge in [0.05, 0.1) is 0 Å². The Balaban J connectivity index is 3.00. The molecule has 0 aliphatic rings. The van der Waals surface area contributed by atoms with Crippen molar-refractivity contribution in [3.05, 3.63) is 35.4 Å². The second kappa shape index (κ2) is 4.15. The standard InChI is InChI=1S/C12H13ClO2/c1-12(2,3)10(14)8-4-6-9(7-5-8)11(13)15/h4-7H,1-3H3. The van der Waals surface area contributed by atoms with Crippen molar-refractivity contribution >= 4 is 22.6 Å². The van der Waals surface area contributed by atoms with Gasteiger partial charge in [-0.3, -0.25) is 9.59 Å². The van der Waals surface area contributed by atoms with E-state index in [1.165, 1.54) is 0 Å². The Morgan fingerprint density at radius 3 is 1.73 bits per heavy atom. The molecule has 2 nitrogen and oxygen atoms in total. The summed E-state index contributed by atoms with van der Waals surface area (Å²) in [7, 11) is 0. The van der Waals surface area contributed by atoms with E-state index in [0.29, 0.717) is 11.1 Å². The summed E-state index contributed by atoms with van der Waals surface area (Å²) in [6.45, 7) is 5.57. The van der Waals surface area contributed by atoms with Gasteiger partial charge in [-0.25, -0.2) is 0 Å². The zero-order valence-electron chi connectivity index (χ0n) is 9.00. The molecule has 3 heteroatoms. The van der Waals surface area contributed by atoms with E-state index < -0.39 is 10.7 Å². The lowest BCUT2D eigenvalue weighted by Crippen LogP contribution is -2.20. The fourth-order valence-electron chi connectivity index (χ4n) is 1.19. The number of halogens is 1. The highest BCUT2D eigenvalue weighted by atomic mass is 35.5. The third-order valence-electron chi connectivity index (χ3n) is 2.06. The Hall–Kier alpha value is -1.15. The third kappa shape index (κ3) is 2.90. The average molecular weight is 225 g/mol. The van der Waals surface area contributed by atoms with E-state index in [0.717, 1.165) is 0 Å². The summed E-state index contributed by atoms with van der Waals surface area (Å²) >= 11 is 5.30. The number of hydrogen-bond donors (Lipinski definition) is 0. The van der Waals surface area contributed by atoms with Gasteiger partial charge in [0.1, 0.15) is 0 Å². The van der Waals surface area contributed by atoms with Gasteiger partial charge in [0.25, 0.3) is 5.24 Å². The van der Waals surface area contributed by atoms with Crippen LogP contribution in [-0.2, 0) is 0 Å². The molecule has 0 saturated heterocycles. The van der Waals surface area contributed by atoms with E-state index in [-0.39, 0.29) is 5.78 Å². The van der Waals surface area contributed by atoms with Gasteiger partial charge in [-0.15, -0.1) is 0 Å². The molecule has 1 aromatic rings. The van der Waals surface area contributed by atoms with E-state index >= 15 is 0 Å². The minimum atomic E-state index is -0.509. The minimum absolute atomic E-state index is 0.0519. The Morgan fingerprint density at radius 2 is 1.40 bits per heavy atom. The lowest BCUT2D eigenvalue weighted by atomic mass is 9.86. The molecule has 0 fully saturated rings. The van der Waals surface area contributed by atoms with E-state index in [4.69, 9.17) is 11.6 Å². The first-order valence-electron chi connectivity index (χ1n) is 4.67. The molecule has 0 aromatic heterocycles. The van der Waals surface area contributed by atoms with Gasteiger partial charge in [-0.1, -0.05) is 32.9 Å². The number of carbonyl (C=O) groups is 2. The maximum atomic E-state index is 11.8. The van der Waals surface area contributed by atoms with Crippen LogP contribution in [0.2, 0.25) is 0 Å². The van der Waals surface area contributed by atoms with E-state index in [9.17, 15) is 9.59 Å². The van der Waals surface area contributed by atoms with Crippen molar-refractivity contribution in [3.8, 4) is 0 Å². The van der Waals surface area contributed by atoms with Crippen molar-refractivity contribution in [2.75, 3.05) is 0 Å². The molecule has 0 radical (unpaired) electrons. The van der Waals surface area contributed by atoms with Crippen LogP contribution in [0.15, 0.2) is 24.3 Å². The molecule has 0 N–H and O–H groups in total. The van der Waals surface area contributed by atoms with Crippen molar-refractivity contribution in [3.63, 3.8) is 0 Å². The monoisotopic (exact) mass is 224 g/mol. The largest absolute Gasteiger partial charge is 0.294 e. The second-order valence-electron chi connectivity index (χ2n) is 4.43. The van der Waals surface area contributed by atoms with Crippen LogP contribution >= 0.6 is 11.6 Å². The van der Waals surface area contributed by atoms with E-state index in [1.54, 1.807) is 24.3 Å². The lowest BCUT2D eigenvalue weighted by Gasteiger charge is -2.16. The summed E-state index contributed by atoms with van der Waals surface area (Å²) in [6.07, 6.45) is 0. The summed E-state index contributed by atoms with van der Waals surface area (Å²) in [5, 5.41) is -0.509. The van der Waals surface area contributed by atoms with Crippen LogP contribution in [0.4, 0.5) is 0 Å². The summed E-state index contributed by atoms with van der Waals surface area (Å²) in [5.41, 5.74) is 0.596. The van der Waals surface area contributed by atoms with Crippen molar-refractivity contribution in [1.29, 1.82) is 0 Å². The van der Waals surface area contributed by atoms with Crippen LogP contribution in [-0.4, -0.2) is 11.0 Å². The maximum absolute atomic E-state index is 11.8. The second-order valence-corrected chi connectivity index (χ2v) is 4.77. The number of Topliss-reactive ketones (excluding diaryl/α,β-unsaturated/α-hetero) is 1. The minimum Gasteiger partial charge on any atom is -0.294 e. The topological polar surface area (TPSA) is 34.1 Å². The molecule has 0 saturated carbocycles. The number of hydrogen-bond acceptors (Lipinski definition) is 2. The van der Waals surface area contributed by atoms with Gasteiger partial charge in [0, 0.05) is 16.5 Å². The van der Waals surface area contributed by atoms with Crippen LogP contribution in [0, 0.1) is 5.41 Å². The maximum Gasteiger partial charge on any atom is 0.252 e. The van der Waals surface area contributed by atoms with E-state index in [2.05, 4.69) is 0 Å². The van der Waals surface area contributed by atoms with Crippen molar-refractivity contribution in [1.82, 2.24) is 0 Å². The van der Waals surface area contributed by atoms with Gasteiger partial charge >= 0.3 is 0 Å². The molecular formula is C12H13ClO2. The summed E-state index contributed by atoms with van der Waals surface area (Å²) in [4.78, 5) is 22.6. The molecule has 15 heavy (non-hydrogen) atoms. The molecule has 0 atom stereocenters. The molecule has 0 amide bonds. The zero-order valence-corrected chi connectivity index (χ0v) is 9.76. The van der Waals surface area contributed by atoms with Gasteiger partial charge in [0.15, 0.2) is 5.78 Å². The molecule has 1 rings (SSSR count). The highest BCUT2D eigenvalue weighted by molar-refractivity contribution is 6.67. The lowest BCUT2D eigenvalue weighted by molar-refractivity contribution is 0.0858. The van der Waals surface area contributed by atoms with E-state index in [1.807, 2.05) is 20.8 Å². The van der Waals surface area contributed by atoms with Crippen LogP contribution in [0.25, 0.3) is 0 Å². The first-order valence-corrected chi connectivity index (χ1v) is 5.05. The molecule has 0 unspecified atom stereocenters. The Morgan fingerprint density at radius 1 is 1.00 bits per heavy atom. The first kappa shape index (κ1) is 11.9. The number of rotatable bonds is 2.